The Kier molecular flexibility index (Phi) is 6.77. The van der Waals surface area contributed by atoms with Gasteiger partial charge in [0, 0.05) is 31.1 Å². The number of aromatic nitrogens is 3. The van der Waals surface area contributed by atoms with Gasteiger partial charge in [-0.2, -0.15) is 0 Å². The minimum Gasteiger partial charge on any atom is -0.412 e. The van der Waals surface area contributed by atoms with Gasteiger partial charge in [-0.1, -0.05) is 30.3 Å². The standard InChI is InChI=1S/C22H27N5.ClH.H2O/c1-15-11-17(12-18(25-15)16-7-3-2-4-8-16)22-24-13-19-21(26-22)20(14-23-19)27-9-5-6-10-27;;/h2-4,7-8,13-15,17-18,25H,5-6,9-12H2,1H3,(H,24,26);1H;1H2. The fourth-order valence-electron chi connectivity index (χ4n) is 4.74. The Morgan fingerprint density at radius 1 is 1.00 bits per heavy atom. The zero-order chi connectivity index (χ0) is 18.2. The quantitative estimate of drug-likeness (QED) is 0.682. The van der Waals surface area contributed by atoms with Crippen LogP contribution in [0.2, 0.25) is 0 Å². The molecule has 0 bridgehead atoms. The summed E-state index contributed by atoms with van der Waals surface area (Å²) in [7, 11) is 0. The highest BCUT2D eigenvalue weighted by Gasteiger charge is 2.30. The molecular formula is C22H30ClN5O. The van der Waals surface area contributed by atoms with Crippen molar-refractivity contribution >= 4 is 18.1 Å². The number of hydrogen-bond acceptors (Lipinski definition) is 4. The Balaban J connectivity index is 0.00000120. The molecule has 1 aromatic rings. The van der Waals surface area contributed by atoms with Gasteiger partial charge in [0.2, 0.25) is 0 Å². The topological polar surface area (TPSA) is 88.3 Å². The normalized spacial score (nSPS) is 24.2. The first-order valence-corrected chi connectivity index (χ1v) is 10.2. The lowest BCUT2D eigenvalue weighted by molar-refractivity contribution is 0.299. The van der Waals surface area contributed by atoms with Crippen molar-refractivity contribution in [2.75, 3.05) is 18.0 Å². The Morgan fingerprint density at radius 3 is 2.52 bits per heavy atom. The Labute approximate surface area is 178 Å². The van der Waals surface area contributed by atoms with Crippen molar-refractivity contribution < 1.29 is 5.48 Å². The zero-order valence-electron chi connectivity index (χ0n) is 16.8. The van der Waals surface area contributed by atoms with Gasteiger partial charge in [-0.3, -0.25) is 4.98 Å². The molecule has 2 saturated heterocycles. The fourth-order valence-corrected chi connectivity index (χ4v) is 4.74. The lowest BCUT2D eigenvalue weighted by Crippen LogP contribution is -2.38. The third-order valence-corrected chi connectivity index (χ3v) is 6.10. The zero-order valence-corrected chi connectivity index (χ0v) is 17.6. The van der Waals surface area contributed by atoms with Crippen molar-refractivity contribution in [3.05, 3.63) is 54.1 Å². The Morgan fingerprint density at radius 2 is 1.76 bits per heavy atom. The van der Waals surface area contributed by atoms with Gasteiger partial charge < -0.3 is 20.7 Å². The van der Waals surface area contributed by atoms with Crippen LogP contribution in [0.25, 0.3) is 11.4 Å². The number of nitrogens with zero attached hydrogens (tertiary/aromatic N) is 3. The average molecular weight is 416 g/mol. The van der Waals surface area contributed by atoms with Gasteiger partial charge in [0.15, 0.2) is 0 Å². The molecule has 0 saturated carbocycles. The second-order valence-corrected chi connectivity index (χ2v) is 8.07. The van der Waals surface area contributed by atoms with E-state index in [1.807, 2.05) is 12.4 Å². The number of halogens is 1. The van der Waals surface area contributed by atoms with Crippen LogP contribution in [0.4, 0.5) is 5.69 Å². The molecule has 0 amide bonds. The number of piperidine rings is 1. The van der Waals surface area contributed by atoms with E-state index in [2.05, 4.69) is 57.4 Å². The summed E-state index contributed by atoms with van der Waals surface area (Å²) in [6, 6.07) is 11.6. The molecule has 7 heteroatoms. The molecule has 4 N–H and O–H groups in total. The van der Waals surface area contributed by atoms with Gasteiger partial charge in [0.05, 0.1) is 23.8 Å². The molecule has 0 aliphatic carbocycles. The number of aromatic amines is 1. The summed E-state index contributed by atoms with van der Waals surface area (Å²) in [6.45, 7) is 4.54. The maximum Gasteiger partial charge on any atom is 0.109 e. The number of nitrogens with one attached hydrogen (secondary N) is 2. The van der Waals surface area contributed by atoms with E-state index in [0.29, 0.717) is 18.0 Å². The molecule has 2 fully saturated rings. The molecule has 0 radical (unpaired) electrons. The number of hydrogen-bond donors (Lipinski definition) is 2. The first kappa shape index (κ1) is 21.6. The number of anilines is 1. The van der Waals surface area contributed by atoms with Crippen LogP contribution in [-0.2, 0) is 0 Å². The highest BCUT2D eigenvalue weighted by atomic mass is 35.5. The van der Waals surface area contributed by atoms with E-state index in [0.717, 1.165) is 43.1 Å². The van der Waals surface area contributed by atoms with Gasteiger partial charge in [-0.25, -0.2) is 4.98 Å². The van der Waals surface area contributed by atoms with Crippen molar-refractivity contribution in [2.45, 2.75) is 50.6 Å². The highest BCUT2D eigenvalue weighted by Crippen LogP contribution is 2.38. The summed E-state index contributed by atoms with van der Waals surface area (Å²) in [4.78, 5) is 15.5. The number of rotatable bonds is 3. The van der Waals surface area contributed by atoms with Gasteiger partial charge in [0.1, 0.15) is 11.5 Å². The molecule has 29 heavy (non-hydrogen) atoms. The summed E-state index contributed by atoms with van der Waals surface area (Å²) in [5.74, 6) is 1.53. The molecule has 0 aromatic heterocycles. The number of benzene rings is 1. The van der Waals surface area contributed by atoms with E-state index in [4.69, 9.17) is 4.98 Å². The minimum atomic E-state index is 0. The number of H-pyrrole nitrogens is 1. The molecule has 1 aromatic carbocycles. The lowest BCUT2D eigenvalue weighted by atomic mass is 9.85. The molecule has 0 spiro atoms. The molecule has 4 aliphatic rings. The van der Waals surface area contributed by atoms with E-state index in [1.165, 1.54) is 24.1 Å². The molecule has 5 rings (SSSR count). The summed E-state index contributed by atoms with van der Waals surface area (Å²) in [5, 5.41) is 3.76. The molecule has 6 nitrogen and oxygen atoms in total. The van der Waals surface area contributed by atoms with Crippen molar-refractivity contribution in [3.63, 3.8) is 0 Å². The van der Waals surface area contributed by atoms with Gasteiger partial charge in [-0.05, 0) is 38.2 Å². The predicted molar refractivity (Wildman–Crippen MR) is 119 cm³/mol. The average Bonchev–Trinajstić information content (AvgIpc) is 3.37. The summed E-state index contributed by atoms with van der Waals surface area (Å²) in [6.07, 6.45) is 8.67. The second kappa shape index (κ2) is 9.11. The third-order valence-electron chi connectivity index (χ3n) is 6.10. The third kappa shape index (κ3) is 4.25. The molecule has 4 aliphatic heterocycles. The van der Waals surface area contributed by atoms with E-state index >= 15 is 0 Å². The Hall–Kier alpha value is -2.15. The van der Waals surface area contributed by atoms with Crippen LogP contribution in [0.5, 0.6) is 0 Å². The van der Waals surface area contributed by atoms with Crippen LogP contribution < -0.4 is 10.2 Å². The summed E-state index contributed by atoms with van der Waals surface area (Å²) >= 11 is 0. The molecular weight excluding hydrogens is 386 g/mol. The monoisotopic (exact) mass is 415 g/mol. The summed E-state index contributed by atoms with van der Waals surface area (Å²) < 4.78 is 0. The summed E-state index contributed by atoms with van der Waals surface area (Å²) in [5.41, 5.74) is 4.74. The van der Waals surface area contributed by atoms with E-state index in [9.17, 15) is 0 Å². The SMILES string of the molecule is CC1CC(c2ncc3ncc(N4CCCC4)c-3[nH]2)CC(c2ccccc2)N1.Cl.O. The van der Waals surface area contributed by atoms with Crippen LogP contribution in [0, 0.1) is 0 Å². The molecule has 156 valence electrons. The van der Waals surface area contributed by atoms with Crippen molar-refractivity contribution in [1.29, 1.82) is 0 Å². The first-order valence-electron chi connectivity index (χ1n) is 10.2. The molecule has 4 heterocycles. The molecule has 3 atom stereocenters. The van der Waals surface area contributed by atoms with Crippen molar-refractivity contribution in [2.24, 2.45) is 0 Å². The van der Waals surface area contributed by atoms with Gasteiger partial charge in [0.25, 0.3) is 0 Å². The smallest absolute Gasteiger partial charge is 0.109 e. The predicted octanol–water partition coefficient (Wildman–Crippen LogP) is 3.70. The van der Waals surface area contributed by atoms with Crippen LogP contribution in [0.3, 0.4) is 0 Å². The van der Waals surface area contributed by atoms with Crippen LogP contribution in [-0.4, -0.2) is 39.6 Å². The number of fused-ring (bicyclic) bond motifs is 1. The van der Waals surface area contributed by atoms with E-state index in [-0.39, 0.29) is 17.9 Å². The van der Waals surface area contributed by atoms with Crippen molar-refractivity contribution in [1.82, 2.24) is 20.3 Å². The van der Waals surface area contributed by atoms with Crippen LogP contribution >= 0.6 is 12.4 Å². The highest BCUT2D eigenvalue weighted by molar-refractivity contribution is 5.85. The fraction of sp³-hybridized carbons (Fsp3) is 0.455. The van der Waals surface area contributed by atoms with Crippen LogP contribution in [0.15, 0.2) is 42.7 Å². The minimum absolute atomic E-state index is 0. The van der Waals surface area contributed by atoms with E-state index in [1.54, 1.807) is 0 Å². The van der Waals surface area contributed by atoms with Crippen LogP contribution in [0.1, 0.15) is 56.0 Å². The van der Waals surface area contributed by atoms with Gasteiger partial charge in [-0.15, -0.1) is 12.4 Å². The second-order valence-electron chi connectivity index (χ2n) is 8.07. The Bertz CT molecular complexity index is 880. The van der Waals surface area contributed by atoms with E-state index < -0.39 is 0 Å². The maximum atomic E-state index is 4.77. The van der Waals surface area contributed by atoms with Gasteiger partial charge >= 0.3 is 0 Å². The maximum absolute atomic E-state index is 4.77. The first-order chi connectivity index (χ1) is 13.3. The van der Waals surface area contributed by atoms with Crippen molar-refractivity contribution in [3.8, 4) is 11.4 Å². The largest absolute Gasteiger partial charge is 0.412 e. The lowest BCUT2D eigenvalue weighted by Gasteiger charge is -2.35. The molecule has 3 unspecified atom stereocenters.